The Morgan fingerprint density at radius 1 is 0.600 bits per heavy atom. The summed E-state index contributed by atoms with van der Waals surface area (Å²) < 4.78 is 27.7. The van der Waals surface area contributed by atoms with Crippen LogP contribution in [0.3, 0.4) is 0 Å². The summed E-state index contributed by atoms with van der Waals surface area (Å²) in [6, 6.07) is 23.3. The standard InChI is InChI=1S/C28H34O7/c1-31-25-11-7-22(8-12-25)17-33-16-21-3-5-24(6-4-21)19-35-28(27(30)15-29)20-34-18-23-9-13-26(32-2)14-10-23/h3-14,27-30H,15-20H2,1-2H3/t27-,28+/m1/s1. The summed E-state index contributed by atoms with van der Waals surface area (Å²) in [5.41, 5.74) is 4.07. The van der Waals surface area contributed by atoms with E-state index in [4.69, 9.17) is 23.7 Å². The monoisotopic (exact) mass is 482 g/mol. The summed E-state index contributed by atoms with van der Waals surface area (Å²) in [4.78, 5) is 0. The van der Waals surface area contributed by atoms with Gasteiger partial charge >= 0.3 is 0 Å². The van der Waals surface area contributed by atoms with Gasteiger partial charge in [0.25, 0.3) is 0 Å². The van der Waals surface area contributed by atoms with Crippen LogP contribution in [-0.2, 0) is 40.6 Å². The van der Waals surface area contributed by atoms with Crippen molar-refractivity contribution < 1.29 is 33.9 Å². The minimum absolute atomic E-state index is 0.158. The van der Waals surface area contributed by atoms with Gasteiger partial charge in [0, 0.05) is 0 Å². The molecular weight excluding hydrogens is 448 g/mol. The van der Waals surface area contributed by atoms with Crippen molar-refractivity contribution in [1.82, 2.24) is 0 Å². The van der Waals surface area contributed by atoms with E-state index >= 15 is 0 Å². The Hall–Kier alpha value is -2.94. The predicted octanol–water partition coefficient (Wildman–Crippen LogP) is 3.88. The molecule has 0 bridgehead atoms. The van der Waals surface area contributed by atoms with Gasteiger partial charge in [-0.25, -0.2) is 0 Å². The summed E-state index contributed by atoms with van der Waals surface area (Å²) in [6.07, 6.45) is -1.68. The number of ether oxygens (including phenoxy) is 5. The average Bonchev–Trinajstić information content (AvgIpc) is 2.91. The van der Waals surface area contributed by atoms with Crippen LogP contribution in [-0.4, -0.2) is 49.9 Å². The first-order chi connectivity index (χ1) is 17.1. The highest BCUT2D eigenvalue weighted by atomic mass is 16.5. The molecule has 2 atom stereocenters. The van der Waals surface area contributed by atoms with E-state index in [1.54, 1.807) is 14.2 Å². The topological polar surface area (TPSA) is 86.6 Å². The summed E-state index contributed by atoms with van der Waals surface area (Å²) in [5, 5.41) is 19.5. The predicted molar refractivity (Wildman–Crippen MR) is 132 cm³/mol. The molecule has 0 saturated heterocycles. The Morgan fingerprint density at radius 2 is 1.00 bits per heavy atom. The van der Waals surface area contributed by atoms with Crippen LogP contribution in [0.25, 0.3) is 0 Å². The summed E-state index contributed by atoms with van der Waals surface area (Å²) in [5.74, 6) is 1.60. The Balaban J connectivity index is 1.41. The molecule has 0 aliphatic carbocycles. The molecule has 7 heteroatoms. The van der Waals surface area contributed by atoms with Gasteiger partial charge in [-0.3, -0.25) is 0 Å². The first-order valence-corrected chi connectivity index (χ1v) is 11.5. The van der Waals surface area contributed by atoms with Crippen molar-refractivity contribution in [1.29, 1.82) is 0 Å². The molecule has 188 valence electrons. The molecule has 35 heavy (non-hydrogen) atoms. The number of rotatable bonds is 15. The largest absolute Gasteiger partial charge is 0.497 e. The molecule has 0 aliphatic heterocycles. The van der Waals surface area contributed by atoms with Crippen molar-refractivity contribution in [3.63, 3.8) is 0 Å². The lowest BCUT2D eigenvalue weighted by atomic mass is 10.1. The number of hydrogen-bond donors (Lipinski definition) is 2. The second-order valence-corrected chi connectivity index (χ2v) is 8.12. The zero-order valence-electron chi connectivity index (χ0n) is 20.3. The van der Waals surface area contributed by atoms with Crippen molar-refractivity contribution in [3.05, 3.63) is 95.1 Å². The van der Waals surface area contributed by atoms with Crippen molar-refractivity contribution in [3.8, 4) is 11.5 Å². The molecule has 2 N–H and O–H groups in total. The molecule has 0 radical (unpaired) electrons. The Kier molecular flexibility index (Phi) is 11.0. The van der Waals surface area contributed by atoms with E-state index in [-0.39, 0.29) is 6.61 Å². The third-order valence-corrected chi connectivity index (χ3v) is 5.51. The van der Waals surface area contributed by atoms with Crippen LogP contribution in [0.4, 0.5) is 0 Å². The van der Waals surface area contributed by atoms with Gasteiger partial charge in [0.15, 0.2) is 0 Å². The van der Waals surface area contributed by atoms with E-state index in [9.17, 15) is 10.2 Å². The van der Waals surface area contributed by atoms with Crippen molar-refractivity contribution in [2.45, 2.75) is 38.6 Å². The van der Waals surface area contributed by atoms with Crippen LogP contribution in [0.1, 0.15) is 22.3 Å². The van der Waals surface area contributed by atoms with Crippen molar-refractivity contribution in [2.75, 3.05) is 27.4 Å². The van der Waals surface area contributed by atoms with Gasteiger partial charge in [0.05, 0.1) is 53.9 Å². The highest BCUT2D eigenvalue weighted by Crippen LogP contribution is 2.15. The molecule has 0 aromatic heterocycles. The Labute approximate surface area is 206 Å². The van der Waals surface area contributed by atoms with Gasteiger partial charge in [-0.1, -0.05) is 48.5 Å². The summed E-state index contributed by atoms with van der Waals surface area (Å²) in [6.45, 7) is 1.43. The minimum Gasteiger partial charge on any atom is -0.497 e. The summed E-state index contributed by atoms with van der Waals surface area (Å²) in [7, 11) is 3.27. The molecule has 3 aromatic rings. The smallest absolute Gasteiger partial charge is 0.118 e. The van der Waals surface area contributed by atoms with Gasteiger partial charge in [-0.05, 0) is 46.5 Å². The van der Waals surface area contributed by atoms with Gasteiger partial charge in [0.2, 0.25) is 0 Å². The van der Waals surface area contributed by atoms with Crippen LogP contribution >= 0.6 is 0 Å². The van der Waals surface area contributed by atoms with Crippen LogP contribution in [0.2, 0.25) is 0 Å². The Bertz CT molecular complexity index is 972. The zero-order chi connectivity index (χ0) is 24.9. The fourth-order valence-corrected chi connectivity index (χ4v) is 3.35. The minimum atomic E-state index is -1.03. The van der Waals surface area contributed by atoms with Crippen LogP contribution in [0.15, 0.2) is 72.8 Å². The second-order valence-electron chi connectivity index (χ2n) is 8.12. The van der Waals surface area contributed by atoms with Gasteiger partial charge in [-0.2, -0.15) is 0 Å². The second kappa shape index (κ2) is 14.5. The molecule has 3 rings (SSSR count). The average molecular weight is 483 g/mol. The SMILES string of the molecule is COc1ccc(COCc2ccc(CO[C@@H](COCc3ccc(OC)cc3)[C@H](O)CO)cc2)cc1. The van der Waals surface area contributed by atoms with E-state index < -0.39 is 18.8 Å². The molecule has 0 fully saturated rings. The maximum atomic E-state index is 10.1. The lowest BCUT2D eigenvalue weighted by Gasteiger charge is -2.22. The first kappa shape index (κ1) is 26.7. The molecule has 3 aromatic carbocycles. The number of aliphatic hydroxyl groups excluding tert-OH is 2. The van der Waals surface area contributed by atoms with E-state index in [1.807, 2.05) is 72.8 Å². The van der Waals surface area contributed by atoms with Gasteiger partial charge in [-0.15, -0.1) is 0 Å². The fraction of sp³-hybridized carbons (Fsp3) is 0.357. The third-order valence-electron chi connectivity index (χ3n) is 5.51. The van der Waals surface area contributed by atoms with Crippen molar-refractivity contribution in [2.24, 2.45) is 0 Å². The van der Waals surface area contributed by atoms with E-state index in [1.165, 1.54) is 0 Å². The number of benzene rings is 3. The van der Waals surface area contributed by atoms with Crippen LogP contribution in [0, 0.1) is 0 Å². The Morgan fingerprint density at radius 3 is 1.43 bits per heavy atom. The molecule has 0 spiro atoms. The van der Waals surface area contributed by atoms with E-state index in [0.717, 1.165) is 33.8 Å². The normalized spacial score (nSPS) is 12.8. The highest BCUT2D eigenvalue weighted by molar-refractivity contribution is 5.27. The van der Waals surface area contributed by atoms with Crippen LogP contribution in [0.5, 0.6) is 11.5 Å². The zero-order valence-corrected chi connectivity index (χ0v) is 20.3. The molecule has 0 heterocycles. The molecule has 0 unspecified atom stereocenters. The molecule has 7 nitrogen and oxygen atoms in total. The van der Waals surface area contributed by atoms with Crippen LogP contribution < -0.4 is 9.47 Å². The fourth-order valence-electron chi connectivity index (χ4n) is 3.35. The summed E-state index contributed by atoms with van der Waals surface area (Å²) >= 11 is 0. The highest BCUT2D eigenvalue weighted by Gasteiger charge is 2.20. The first-order valence-electron chi connectivity index (χ1n) is 11.5. The van der Waals surface area contributed by atoms with Gasteiger partial charge in [0.1, 0.15) is 23.7 Å². The molecular formula is C28H34O7. The molecule has 0 amide bonds. The maximum Gasteiger partial charge on any atom is 0.118 e. The number of hydrogen-bond acceptors (Lipinski definition) is 7. The lowest BCUT2D eigenvalue weighted by Crippen LogP contribution is -2.36. The van der Waals surface area contributed by atoms with Gasteiger partial charge < -0.3 is 33.9 Å². The van der Waals surface area contributed by atoms with E-state index in [2.05, 4.69) is 0 Å². The quantitative estimate of drug-likeness (QED) is 0.340. The number of methoxy groups -OCH3 is 2. The molecule has 0 saturated carbocycles. The molecule has 0 aliphatic rings. The third kappa shape index (κ3) is 8.98. The van der Waals surface area contributed by atoms with E-state index in [0.29, 0.717) is 26.4 Å². The van der Waals surface area contributed by atoms with Crippen molar-refractivity contribution >= 4 is 0 Å². The number of aliphatic hydroxyl groups is 2. The maximum absolute atomic E-state index is 10.1. The lowest BCUT2D eigenvalue weighted by molar-refractivity contribution is -0.102.